The van der Waals surface area contributed by atoms with Gasteiger partial charge >= 0.3 is 0 Å². The Morgan fingerprint density at radius 1 is 1.34 bits per heavy atom. The summed E-state index contributed by atoms with van der Waals surface area (Å²) in [7, 11) is 0. The van der Waals surface area contributed by atoms with Crippen LogP contribution in [0.1, 0.15) is 32.3 Å². The van der Waals surface area contributed by atoms with Crippen LogP contribution in [-0.2, 0) is 4.79 Å². The predicted octanol–water partition coefficient (Wildman–Crippen LogP) is 2.38. The van der Waals surface area contributed by atoms with Crippen molar-refractivity contribution in [1.29, 1.82) is 0 Å². The van der Waals surface area contributed by atoms with E-state index in [0.717, 1.165) is 62.4 Å². The molecule has 4 rings (SSSR count). The topological polar surface area (TPSA) is 104 Å². The van der Waals surface area contributed by atoms with Gasteiger partial charge in [0.1, 0.15) is 11.6 Å². The van der Waals surface area contributed by atoms with Crippen molar-refractivity contribution in [3.05, 3.63) is 22.7 Å². The number of anilines is 2. The molecule has 10 heteroatoms. The van der Waals surface area contributed by atoms with E-state index in [-0.39, 0.29) is 11.1 Å². The van der Waals surface area contributed by atoms with Crippen molar-refractivity contribution < 1.29 is 9.59 Å². The summed E-state index contributed by atoms with van der Waals surface area (Å²) in [6.07, 6.45) is 5.63. The maximum absolute atomic E-state index is 11.9. The fourth-order valence-electron chi connectivity index (χ4n) is 3.16. The second kappa shape index (κ2) is 8.42. The van der Waals surface area contributed by atoms with Gasteiger partial charge in [0.05, 0.1) is 11.1 Å². The Bertz CT molecular complexity index is 963. The van der Waals surface area contributed by atoms with Crippen LogP contribution in [0.2, 0.25) is 0 Å². The van der Waals surface area contributed by atoms with Gasteiger partial charge in [-0.2, -0.15) is 9.61 Å². The highest BCUT2D eigenvalue weighted by Crippen LogP contribution is 2.29. The van der Waals surface area contributed by atoms with Crippen molar-refractivity contribution in [1.82, 2.24) is 24.8 Å². The summed E-state index contributed by atoms with van der Waals surface area (Å²) >= 11 is 0.892. The maximum Gasteiger partial charge on any atom is 0.290 e. The number of thioether (sulfide) groups is 1. The van der Waals surface area contributed by atoms with Gasteiger partial charge in [-0.1, -0.05) is 13.8 Å². The molecule has 154 valence electrons. The lowest BCUT2D eigenvalue weighted by atomic mass is 10.3. The van der Waals surface area contributed by atoms with Crippen LogP contribution in [0.15, 0.2) is 17.2 Å². The summed E-state index contributed by atoms with van der Waals surface area (Å²) < 4.78 is 1.75. The highest BCUT2D eigenvalue weighted by Gasteiger charge is 2.26. The number of rotatable bonds is 9. The van der Waals surface area contributed by atoms with Gasteiger partial charge in [-0.05, 0) is 43.8 Å². The van der Waals surface area contributed by atoms with Crippen molar-refractivity contribution in [3.63, 3.8) is 0 Å². The number of imide groups is 1. The standard InChI is InChI=1S/C19H25N7O2S/c1-3-25(4-2)8-7-20-15-10-16(22-13-5-6-13)26-17(23-15)12(11-21-26)9-14-18(27)24-19(28)29-14/h9-11,13,22H,3-8H2,1-2H3,(H,20,23)(H,24,27,28)/b14-9+. The third-order valence-electron chi connectivity index (χ3n) is 4.99. The van der Waals surface area contributed by atoms with Crippen LogP contribution < -0.4 is 16.0 Å². The lowest BCUT2D eigenvalue weighted by Crippen LogP contribution is -2.28. The molecule has 9 nitrogen and oxygen atoms in total. The van der Waals surface area contributed by atoms with Crippen molar-refractivity contribution in [2.24, 2.45) is 0 Å². The fraction of sp³-hybridized carbons (Fsp3) is 0.474. The normalized spacial score (nSPS) is 18.1. The predicted molar refractivity (Wildman–Crippen MR) is 115 cm³/mol. The molecular formula is C19H25N7O2S. The molecular weight excluding hydrogens is 390 g/mol. The Morgan fingerprint density at radius 3 is 2.79 bits per heavy atom. The fourth-order valence-corrected chi connectivity index (χ4v) is 3.83. The molecule has 0 radical (unpaired) electrons. The van der Waals surface area contributed by atoms with Gasteiger partial charge in [-0.25, -0.2) is 4.98 Å². The zero-order valence-electron chi connectivity index (χ0n) is 16.6. The van der Waals surface area contributed by atoms with Crippen LogP contribution in [0.5, 0.6) is 0 Å². The monoisotopic (exact) mass is 415 g/mol. The molecule has 0 atom stereocenters. The molecule has 3 heterocycles. The Kier molecular flexibility index (Phi) is 5.72. The molecule has 2 aliphatic rings. The van der Waals surface area contributed by atoms with Crippen LogP contribution >= 0.6 is 11.8 Å². The lowest BCUT2D eigenvalue weighted by molar-refractivity contribution is -0.115. The van der Waals surface area contributed by atoms with Gasteiger partial charge in [-0.15, -0.1) is 0 Å². The lowest BCUT2D eigenvalue weighted by Gasteiger charge is -2.18. The van der Waals surface area contributed by atoms with Gasteiger partial charge in [0, 0.05) is 30.8 Å². The molecule has 3 N–H and O–H groups in total. The molecule has 0 unspecified atom stereocenters. The molecule has 2 fully saturated rings. The number of nitrogens with zero attached hydrogens (tertiary/aromatic N) is 4. The first kappa shape index (κ1) is 19.7. The van der Waals surface area contributed by atoms with Gasteiger partial charge < -0.3 is 15.5 Å². The van der Waals surface area contributed by atoms with Gasteiger partial charge in [0.2, 0.25) is 0 Å². The maximum atomic E-state index is 11.9. The van der Waals surface area contributed by atoms with Crippen LogP contribution in [-0.4, -0.2) is 62.9 Å². The molecule has 1 saturated heterocycles. The smallest absolute Gasteiger partial charge is 0.290 e. The Hall–Kier alpha value is -2.59. The minimum absolute atomic E-state index is 0.350. The summed E-state index contributed by atoms with van der Waals surface area (Å²) in [4.78, 5) is 30.8. The number of aromatic nitrogens is 3. The van der Waals surface area contributed by atoms with Gasteiger partial charge in [0.25, 0.3) is 11.1 Å². The van der Waals surface area contributed by atoms with E-state index in [1.54, 1.807) is 16.8 Å². The van der Waals surface area contributed by atoms with E-state index >= 15 is 0 Å². The number of hydrogen-bond donors (Lipinski definition) is 3. The number of nitrogens with one attached hydrogen (secondary N) is 3. The Balaban J connectivity index is 1.63. The number of fused-ring (bicyclic) bond motifs is 1. The van der Waals surface area contributed by atoms with E-state index in [1.165, 1.54) is 0 Å². The highest BCUT2D eigenvalue weighted by atomic mass is 32.2. The Morgan fingerprint density at radius 2 is 2.14 bits per heavy atom. The molecule has 2 amide bonds. The summed E-state index contributed by atoms with van der Waals surface area (Å²) in [6.45, 7) is 8.04. The third kappa shape index (κ3) is 4.54. The average molecular weight is 416 g/mol. The first-order chi connectivity index (χ1) is 14.1. The number of carbonyl (C=O) groups is 2. The minimum Gasteiger partial charge on any atom is -0.369 e. The molecule has 0 bridgehead atoms. The summed E-state index contributed by atoms with van der Waals surface area (Å²) in [5.74, 6) is 1.24. The van der Waals surface area contributed by atoms with E-state index in [1.807, 2.05) is 6.07 Å². The van der Waals surface area contributed by atoms with Gasteiger partial charge in [-0.3, -0.25) is 14.9 Å². The minimum atomic E-state index is -0.385. The summed E-state index contributed by atoms with van der Waals surface area (Å²) in [5.41, 5.74) is 1.34. The summed E-state index contributed by atoms with van der Waals surface area (Å²) in [5, 5.41) is 13.3. The highest BCUT2D eigenvalue weighted by molar-refractivity contribution is 8.18. The van der Waals surface area contributed by atoms with E-state index in [4.69, 9.17) is 4.98 Å². The number of likely N-dealkylation sites (N-methyl/N-ethyl adjacent to an activating group) is 1. The van der Waals surface area contributed by atoms with Crippen LogP contribution in [0.3, 0.4) is 0 Å². The second-order valence-corrected chi connectivity index (χ2v) is 8.10. The van der Waals surface area contributed by atoms with Crippen molar-refractivity contribution >= 4 is 46.3 Å². The SMILES string of the molecule is CCN(CC)CCNc1cc(NC2CC2)n2ncc(/C=C3/SC(=O)NC3=O)c2n1. The molecule has 1 aliphatic heterocycles. The molecule has 0 spiro atoms. The van der Waals surface area contributed by atoms with Gasteiger partial charge in [0.15, 0.2) is 5.65 Å². The molecule has 29 heavy (non-hydrogen) atoms. The van der Waals surface area contributed by atoms with E-state index in [2.05, 4.69) is 39.8 Å². The van der Waals surface area contributed by atoms with Crippen LogP contribution in [0.4, 0.5) is 16.4 Å². The molecule has 1 aliphatic carbocycles. The first-order valence-electron chi connectivity index (χ1n) is 9.93. The third-order valence-corrected chi connectivity index (χ3v) is 5.80. The zero-order chi connectivity index (χ0) is 20.4. The van der Waals surface area contributed by atoms with Crippen molar-refractivity contribution in [2.75, 3.05) is 36.8 Å². The quantitative estimate of drug-likeness (QED) is 0.537. The average Bonchev–Trinajstić information content (AvgIpc) is 3.34. The summed E-state index contributed by atoms with van der Waals surface area (Å²) in [6, 6.07) is 2.43. The molecule has 2 aromatic rings. The van der Waals surface area contributed by atoms with E-state index in [9.17, 15) is 9.59 Å². The number of carbonyl (C=O) groups excluding carboxylic acids is 2. The zero-order valence-corrected chi connectivity index (χ0v) is 17.4. The number of hydrogen-bond acceptors (Lipinski definition) is 8. The largest absolute Gasteiger partial charge is 0.369 e. The van der Waals surface area contributed by atoms with Crippen LogP contribution in [0.25, 0.3) is 11.7 Å². The van der Waals surface area contributed by atoms with Crippen molar-refractivity contribution in [3.8, 4) is 0 Å². The Labute approximate surface area is 173 Å². The molecule has 2 aromatic heterocycles. The molecule has 0 aromatic carbocycles. The first-order valence-corrected chi connectivity index (χ1v) is 10.8. The second-order valence-electron chi connectivity index (χ2n) is 7.09. The van der Waals surface area contributed by atoms with Crippen LogP contribution in [0, 0.1) is 0 Å². The van der Waals surface area contributed by atoms with E-state index < -0.39 is 0 Å². The number of amides is 2. The molecule has 1 saturated carbocycles. The van der Waals surface area contributed by atoms with E-state index in [0.29, 0.717) is 22.2 Å². The van der Waals surface area contributed by atoms with Crippen molar-refractivity contribution in [2.45, 2.75) is 32.7 Å².